The number of anilines is 2. The van der Waals surface area contributed by atoms with Crippen LogP contribution in [0.15, 0.2) is 45.6 Å². The molecule has 1 aromatic carbocycles. The van der Waals surface area contributed by atoms with Gasteiger partial charge in [-0.25, -0.2) is 0 Å². The molecule has 0 spiro atoms. The number of amides is 1. The molecule has 7 heteroatoms. The second-order valence-electron chi connectivity index (χ2n) is 4.65. The lowest BCUT2D eigenvalue weighted by Gasteiger charge is -2.21. The molecule has 1 heterocycles. The van der Waals surface area contributed by atoms with Crippen LogP contribution in [0.2, 0.25) is 0 Å². The number of aromatic nitrogens is 1. The number of rotatable bonds is 6. The van der Waals surface area contributed by atoms with E-state index in [0.717, 1.165) is 18.8 Å². The highest BCUT2D eigenvalue weighted by Gasteiger charge is 2.12. The fourth-order valence-electron chi connectivity index (χ4n) is 2.07. The summed E-state index contributed by atoms with van der Waals surface area (Å²) in [5.74, 6) is -0.128. The Labute approximate surface area is 134 Å². The zero-order valence-electron chi connectivity index (χ0n) is 13.0. The molecule has 1 amide bonds. The van der Waals surface area contributed by atoms with Gasteiger partial charge in [0.05, 0.1) is 10.8 Å². The molecular weight excluding hydrogens is 298 g/mol. The van der Waals surface area contributed by atoms with Crippen molar-refractivity contribution >= 4 is 34.3 Å². The Kier molecular flexibility index (Phi) is 5.60. The van der Waals surface area contributed by atoms with E-state index in [2.05, 4.69) is 34.4 Å². The molecule has 22 heavy (non-hydrogen) atoms. The minimum absolute atomic E-state index is 0.128. The van der Waals surface area contributed by atoms with Gasteiger partial charge in [0.15, 0.2) is 5.51 Å². The zero-order chi connectivity index (χ0) is 15.9. The molecule has 6 nitrogen and oxygen atoms in total. The lowest BCUT2D eigenvalue weighted by Crippen LogP contribution is -2.22. The van der Waals surface area contributed by atoms with Gasteiger partial charge in [-0.05, 0) is 32.0 Å². The summed E-state index contributed by atoms with van der Waals surface area (Å²) in [4.78, 5) is 13.6. The van der Waals surface area contributed by atoms with Crippen molar-refractivity contribution in [3.8, 4) is 0 Å². The quantitative estimate of drug-likeness (QED) is 0.655. The van der Waals surface area contributed by atoms with Crippen LogP contribution in [0.5, 0.6) is 0 Å². The SMILES string of the molecule is CCN(CC)c1ccc(N=N[n+]2ccsc2)c(NC(C)=O)c1. The molecule has 116 valence electrons. The molecule has 0 atom stereocenters. The summed E-state index contributed by atoms with van der Waals surface area (Å²) in [7, 11) is 0. The predicted octanol–water partition coefficient (Wildman–Crippen LogP) is 3.39. The first-order chi connectivity index (χ1) is 10.6. The van der Waals surface area contributed by atoms with Gasteiger partial charge in [0.25, 0.3) is 0 Å². The summed E-state index contributed by atoms with van der Waals surface area (Å²) in [5.41, 5.74) is 4.18. The summed E-state index contributed by atoms with van der Waals surface area (Å²) in [6.07, 6.45) is 1.82. The molecule has 0 aliphatic carbocycles. The van der Waals surface area contributed by atoms with E-state index in [1.165, 1.54) is 18.3 Å². The Balaban J connectivity index is 2.33. The number of carbonyl (C=O) groups is 1. The van der Waals surface area contributed by atoms with Crippen LogP contribution in [-0.4, -0.2) is 19.0 Å². The van der Waals surface area contributed by atoms with Gasteiger partial charge < -0.3 is 10.2 Å². The van der Waals surface area contributed by atoms with Crippen molar-refractivity contribution in [2.75, 3.05) is 23.3 Å². The second-order valence-corrected chi connectivity index (χ2v) is 5.41. The molecule has 2 rings (SSSR count). The summed E-state index contributed by atoms with van der Waals surface area (Å²) < 4.78 is 1.63. The van der Waals surface area contributed by atoms with Gasteiger partial charge in [0, 0.05) is 31.1 Å². The average molecular weight is 318 g/mol. The Hall–Kier alpha value is -2.28. The fraction of sp³-hybridized carbons (Fsp3) is 0.333. The van der Waals surface area contributed by atoms with Crippen LogP contribution in [0.4, 0.5) is 17.1 Å². The molecule has 0 unspecified atom stereocenters. The van der Waals surface area contributed by atoms with Crippen LogP contribution in [-0.2, 0) is 4.79 Å². The third-order valence-corrected chi connectivity index (χ3v) is 3.75. The van der Waals surface area contributed by atoms with E-state index in [9.17, 15) is 4.79 Å². The van der Waals surface area contributed by atoms with Gasteiger partial charge in [0.2, 0.25) is 11.6 Å². The highest BCUT2D eigenvalue weighted by atomic mass is 32.1. The van der Waals surface area contributed by atoms with Crippen LogP contribution < -0.4 is 14.9 Å². The van der Waals surface area contributed by atoms with Crippen molar-refractivity contribution in [2.24, 2.45) is 10.3 Å². The molecule has 1 N–H and O–H groups in total. The van der Waals surface area contributed by atoms with Crippen LogP contribution in [0.1, 0.15) is 20.8 Å². The normalized spacial score (nSPS) is 10.9. The van der Waals surface area contributed by atoms with E-state index in [-0.39, 0.29) is 5.91 Å². The number of benzene rings is 1. The molecule has 0 aliphatic heterocycles. The standard InChI is InChI=1S/C15H19N5OS/c1-4-19(5-2)13-6-7-14(15(10-13)16-12(3)21)17-18-20-8-9-22-11-20/h6-11H,4-5H2,1-3H3/p+1. The van der Waals surface area contributed by atoms with Crippen molar-refractivity contribution in [3.63, 3.8) is 0 Å². The van der Waals surface area contributed by atoms with Crippen molar-refractivity contribution in [1.29, 1.82) is 0 Å². The molecule has 0 fully saturated rings. The largest absolute Gasteiger partial charge is 0.372 e. The first kappa shape index (κ1) is 16.1. The molecule has 2 aromatic rings. The first-order valence-electron chi connectivity index (χ1n) is 7.16. The fourth-order valence-corrected chi connectivity index (χ4v) is 2.57. The number of nitrogens with zero attached hydrogens (tertiary/aromatic N) is 4. The number of nitrogens with one attached hydrogen (secondary N) is 1. The monoisotopic (exact) mass is 318 g/mol. The number of hydrogen-bond acceptors (Lipinski definition) is 5. The summed E-state index contributed by atoms with van der Waals surface area (Å²) in [5, 5.41) is 13.1. The van der Waals surface area contributed by atoms with Crippen LogP contribution in [0.3, 0.4) is 0 Å². The molecule has 1 aromatic heterocycles. The van der Waals surface area contributed by atoms with E-state index in [1.807, 2.05) is 35.3 Å². The number of carbonyl (C=O) groups excluding carboxylic acids is 1. The smallest absolute Gasteiger partial charge is 0.227 e. The van der Waals surface area contributed by atoms with E-state index >= 15 is 0 Å². The van der Waals surface area contributed by atoms with Gasteiger partial charge in [-0.2, -0.15) is 0 Å². The molecule has 0 radical (unpaired) electrons. The number of thiazole rings is 1. The average Bonchev–Trinajstić information content (AvgIpc) is 3.00. The molecule has 0 saturated heterocycles. The van der Waals surface area contributed by atoms with E-state index in [4.69, 9.17) is 0 Å². The lowest BCUT2D eigenvalue weighted by atomic mass is 10.2. The van der Waals surface area contributed by atoms with E-state index < -0.39 is 0 Å². The minimum atomic E-state index is -0.128. The summed E-state index contributed by atoms with van der Waals surface area (Å²) >= 11 is 1.53. The highest BCUT2D eigenvalue weighted by Crippen LogP contribution is 2.30. The van der Waals surface area contributed by atoms with Crippen LogP contribution in [0, 0.1) is 0 Å². The van der Waals surface area contributed by atoms with E-state index in [0.29, 0.717) is 11.4 Å². The van der Waals surface area contributed by atoms with Crippen molar-refractivity contribution in [3.05, 3.63) is 35.3 Å². The van der Waals surface area contributed by atoms with Gasteiger partial charge in [-0.1, -0.05) is 4.68 Å². The zero-order valence-corrected chi connectivity index (χ0v) is 13.8. The second kappa shape index (κ2) is 7.65. The summed E-state index contributed by atoms with van der Waals surface area (Å²) in [6.45, 7) is 7.49. The van der Waals surface area contributed by atoms with Crippen LogP contribution in [0.25, 0.3) is 0 Å². The Morgan fingerprint density at radius 3 is 2.73 bits per heavy atom. The van der Waals surface area contributed by atoms with Crippen LogP contribution >= 0.6 is 11.3 Å². The van der Waals surface area contributed by atoms with Crippen molar-refractivity contribution < 1.29 is 9.47 Å². The maximum Gasteiger partial charge on any atom is 0.227 e. The van der Waals surface area contributed by atoms with E-state index in [1.54, 1.807) is 4.68 Å². The minimum Gasteiger partial charge on any atom is -0.372 e. The molecule has 0 saturated carbocycles. The lowest BCUT2D eigenvalue weighted by molar-refractivity contribution is -0.681. The maximum atomic E-state index is 11.4. The Morgan fingerprint density at radius 2 is 2.14 bits per heavy atom. The van der Waals surface area contributed by atoms with Gasteiger partial charge >= 0.3 is 0 Å². The van der Waals surface area contributed by atoms with Crippen molar-refractivity contribution in [2.45, 2.75) is 20.8 Å². The van der Waals surface area contributed by atoms with Gasteiger partial charge in [-0.15, -0.1) is 11.3 Å². The van der Waals surface area contributed by atoms with Gasteiger partial charge in [-0.3, -0.25) is 4.79 Å². The topological polar surface area (TPSA) is 60.9 Å². The van der Waals surface area contributed by atoms with Gasteiger partial charge in [0.1, 0.15) is 11.4 Å². The molecule has 0 aliphatic rings. The molecule has 0 bridgehead atoms. The molecular formula is C15H20N5OS+. The Bertz CT molecular complexity index is 650. The predicted molar refractivity (Wildman–Crippen MR) is 88.7 cm³/mol. The Morgan fingerprint density at radius 1 is 1.36 bits per heavy atom. The highest BCUT2D eigenvalue weighted by molar-refractivity contribution is 7.07. The maximum absolute atomic E-state index is 11.4. The number of hydrogen-bond donors (Lipinski definition) is 1. The third-order valence-electron chi connectivity index (χ3n) is 3.14. The first-order valence-corrected chi connectivity index (χ1v) is 8.10. The van der Waals surface area contributed by atoms with Crippen molar-refractivity contribution in [1.82, 2.24) is 0 Å². The third kappa shape index (κ3) is 4.11. The summed E-state index contributed by atoms with van der Waals surface area (Å²) in [6, 6.07) is 5.79.